The number of aromatic nitrogens is 1. The van der Waals surface area contributed by atoms with E-state index in [0.29, 0.717) is 30.3 Å². The smallest absolute Gasteiger partial charge is 0.108 e. The summed E-state index contributed by atoms with van der Waals surface area (Å²) in [6.45, 7) is 4.06. The summed E-state index contributed by atoms with van der Waals surface area (Å²) in [6, 6.07) is 15.4. The quantitative estimate of drug-likeness (QED) is 0.237. The summed E-state index contributed by atoms with van der Waals surface area (Å²) in [7, 11) is 0. The number of amidine groups is 2. The Hall–Kier alpha value is -2.69. The first kappa shape index (κ1) is 22.6. The van der Waals surface area contributed by atoms with Gasteiger partial charge < -0.3 is 4.90 Å². The molecule has 1 aromatic carbocycles. The zero-order valence-corrected chi connectivity index (χ0v) is 17.6. The molecule has 0 amide bonds. The molecule has 0 spiro atoms. The number of allylic oxidation sites excluding steroid dienone is 3. The van der Waals surface area contributed by atoms with E-state index in [1.165, 1.54) is 0 Å². The van der Waals surface area contributed by atoms with Crippen LogP contribution < -0.4 is 0 Å². The highest BCUT2D eigenvalue weighted by atomic mass is 35.5. The van der Waals surface area contributed by atoms with Crippen molar-refractivity contribution in [2.24, 2.45) is 0 Å². The third kappa shape index (κ3) is 7.68. The number of hydrogen-bond acceptors (Lipinski definition) is 3. The van der Waals surface area contributed by atoms with Crippen LogP contribution in [0, 0.1) is 10.8 Å². The molecule has 0 saturated carbocycles. The number of pyridine rings is 1. The van der Waals surface area contributed by atoms with Gasteiger partial charge in [-0.15, -0.1) is 11.6 Å². The second kappa shape index (κ2) is 12.0. The number of hydrogen-bond donors (Lipinski definition) is 2. The highest BCUT2D eigenvalue weighted by Crippen LogP contribution is 2.14. The fourth-order valence-electron chi connectivity index (χ4n) is 2.73. The molecule has 0 bridgehead atoms. The van der Waals surface area contributed by atoms with Gasteiger partial charge in [0.05, 0.1) is 12.4 Å². The van der Waals surface area contributed by atoms with Gasteiger partial charge >= 0.3 is 0 Å². The van der Waals surface area contributed by atoms with Gasteiger partial charge in [-0.25, -0.2) is 0 Å². The van der Waals surface area contributed by atoms with Crippen molar-refractivity contribution in [1.29, 1.82) is 10.8 Å². The van der Waals surface area contributed by atoms with E-state index >= 15 is 0 Å². The fourth-order valence-corrected chi connectivity index (χ4v) is 2.95. The maximum absolute atomic E-state index is 8.66. The number of nitrogens with one attached hydrogen (secondary N) is 2. The molecule has 1 aromatic heterocycles. The molecule has 0 saturated heterocycles. The van der Waals surface area contributed by atoms with E-state index < -0.39 is 0 Å². The summed E-state index contributed by atoms with van der Waals surface area (Å²) < 4.78 is 0. The summed E-state index contributed by atoms with van der Waals surface area (Å²) in [5.74, 6) is 0.806. The lowest BCUT2D eigenvalue weighted by Gasteiger charge is -2.26. The SMILES string of the molecule is C=C/C=C(\C=C(\Cl)CCl)CN(C(=N)Cc1ccccc1)C(=N)Cc1ccccn1. The van der Waals surface area contributed by atoms with Crippen LogP contribution in [0.4, 0.5) is 0 Å². The molecule has 6 heteroatoms. The maximum atomic E-state index is 8.66. The maximum Gasteiger partial charge on any atom is 0.108 e. The Kier molecular flexibility index (Phi) is 9.35. The van der Waals surface area contributed by atoms with Crippen LogP contribution in [0.25, 0.3) is 0 Å². The molecule has 2 N–H and O–H groups in total. The number of benzene rings is 1. The number of nitrogens with zero attached hydrogens (tertiary/aromatic N) is 2. The molecule has 29 heavy (non-hydrogen) atoms. The molecule has 0 fully saturated rings. The Morgan fingerprint density at radius 1 is 1.03 bits per heavy atom. The highest BCUT2D eigenvalue weighted by Gasteiger charge is 2.18. The molecule has 0 atom stereocenters. The van der Waals surface area contributed by atoms with Crippen molar-refractivity contribution in [3.63, 3.8) is 0 Å². The molecule has 0 aliphatic rings. The fraction of sp³-hybridized carbons (Fsp3) is 0.174. The van der Waals surface area contributed by atoms with E-state index in [4.69, 9.17) is 34.0 Å². The van der Waals surface area contributed by atoms with Crippen molar-refractivity contribution in [1.82, 2.24) is 9.88 Å². The molecule has 0 unspecified atom stereocenters. The van der Waals surface area contributed by atoms with E-state index in [1.807, 2.05) is 54.6 Å². The van der Waals surface area contributed by atoms with E-state index in [0.717, 1.165) is 16.8 Å². The van der Waals surface area contributed by atoms with Gasteiger partial charge in [0.1, 0.15) is 11.7 Å². The van der Waals surface area contributed by atoms with Gasteiger partial charge in [-0.3, -0.25) is 15.8 Å². The van der Waals surface area contributed by atoms with Crippen LogP contribution in [0.3, 0.4) is 0 Å². The van der Waals surface area contributed by atoms with Crippen LogP contribution >= 0.6 is 23.2 Å². The van der Waals surface area contributed by atoms with Crippen molar-refractivity contribution < 1.29 is 0 Å². The second-order valence-corrected chi connectivity index (χ2v) is 7.09. The van der Waals surface area contributed by atoms with Gasteiger partial charge in [0.25, 0.3) is 0 Å². The topological polar surface area (TPSA) is 63.8 Å². The van der Waals surface area contributed by atoms with Crippen molar-refractivity contribution in [2.75, 3.05) is 12.4 Å². The van der Waals surface area contributed by atoms with Gasteiger partial charge in [0, 0.05) is 29.8 Å². The minimum Gasteiger partial charge on any atom is -0.314 e. The summed E-state index contributed by atoms with van der Waals surface area (Å²) in [5.41, 5.74) is 2.60. The minimum absolute atomic E-state index is 0.197. The molecule has 4 nitrogen and oxygen atoms in total. The van der Waals surface area contributed by atoms with Crippen molar-refractivity contribution >= 4 is 34.9 Å². The first-order valence-electron chi connectivity index (χ1n) is 9.13. The Bertz CT molecular complexity index is 836. The standard InChI is InChI=1S/C23H24Cl2N4/c1-2-8-19(13-20(25)16-24)17-29(22(26)14-18-9-4-3-5-10-18)23(27)15-21-11-6-7-12-28-21/h2-13,26-27H,1,14-17H2/b19-8+,20-13+,26-22?,27-23?. The third-order valence-corrected chi connectivity index (χ3v) is 4.75. The Labute approximate surface area is 182 Å². The monoisotopic (exact) mass is 426 g/mol. The van der Waals surface area contributed by atoms with Gasteiger partial charge in [-0.1, -0.05) is 66.7 Å². The largest absolute Gasteiger partial charge is 0.314 e. The summed E-state index contributed by atoms with van der Waals surface area (Å²) >= 11 is 11.9. The van der Waals surface area contributed by atoms with Crippen LogP contribution in [0.15, 0.2) is 90.1 Å². The van der Waals surface area contributed by atoms with Gasteiger partial charge in [-0.2, -0.15) is 0 Å². The van der Waals surface area contributed by atoms with Gasteiger partial charge in [-0.05, 0) is 29.3 Å². The summed E-state index contributed by atoms with van der Waals surface area (Å²) in [5, 5.41) is 17.8. The number of rotatable bonds is 9. The molecule has 0 radical (unpaired) electrons. The molecule has 0 aliphatic heterocycles. The minimum atomic E-state index is 0.197. The molecule has 0 aliphatic carbocycles. The van der Waals surface area contributed by atoms with Crippen molar-refractivity contribution in [2.45, 2.75) is 12.8 Å². The van der Waals surface area contributed by atoms with E-state index in [-0.39, 0.29) is 11.7 Å². The number of halogens is 2. The third-order valence-electron chi connectivity index (χ3n) is 4.08. The first-order valence-corrected chi connectivity index (χ1v) is 10.0. The van der Waals surface area contributed by atoms with Gasteiger partial charge in [0.15, 0.2) is 0 Å². The molecule has 2 rings (SSSR count). The zero-order chi connectivity index (χ0) is 21.1. The van der Waals surface area contributed by atoms with Crippen LogP contribution in [-0.4, -0.2) is 34.0 Å². The van der Waals surface area contributed by atoms with E-state index in [2.05, 4.69) is 11.6 Å². The molecule has 2 aromatic rings. The normalized spacial score (nSPS) is 11.8. The molecular formula is C23H24Cl2N4. The average Bonchev–Trinajstić information content (AvgIpc) is 2.73. The summed E-state index contributed by atoms with van der Waals surface area (Å²) in [4.78, 5) is 5.97. The Balaban J connectivity index is 2.27. The Morgan fingerprint density at radius 3 is 2.34 bits per heavy atom. The van der Waals surface area contributed by atoms with Crippen molar-refractivity contribution in [3.05, 3.63) is 101 Å². The number of alkyl halides is 1. The van der Waals surface area contributed by atoms with E-state index in [1.54, 1.807) is 23.2 Å². The molecule has 150 valence electrons. The van der Waals surface area contributed by atoms with Crippen LogP contribution in [0.5, 0.6) is 0 Å². The average molecular weight is 427 g/mol. The van der Waals surface area contributed by atoms with Crippen molar-refractivity contribution in [3.8, 4) is 0 Å². The van der Waals surface area contributed by atoms with Crippen LogP contribution in [0.1, 0.15) is 11.3 Å². The Morgan fingerprint density at radius 2 is 1.72 bits per heavy atom. The lowest BCUT2D eigenvalue weighted by Crippen LogP contribution is -2.39. The molecular weight excluding hydrogens is 403 g/mol. The van der Waals surface area contributed by atoms with Crippen LogP contribution in [-0.2, 0) is 12.8 Å². The first-order chi connectivity index (χ1) is 14.0. The molecule has 1 heterocycles. The highest BCUT2D eigenvalue weighted by molar-refractivity contribution is 6.35. The summed E-state index contributed by atoms with van der Waals surface area (Å²) in [6.07, 6.45) is 7.67. The predicted molar refractivity (Wildman–Crippen MR) is 123 cm³/mol. The lowest BCUT2D eigenvalue weighted by molar-refractivity contribution is 0.629. The second-order valence-electron chi connectivity index (χ2n) is 6.34. The van der Waals surface area contributed by atoms with Crippen LogP contribution in [0.2, 0.25) is 0 Å². The van der Waals surface area contributed by atoms with Gasteiger partial charge in [0.2, 0.25) is 0 Å². The predicted octanol–water partition coefficient (Wildman–Crippen LogP) is 5.60. The van der Waals surface area contributed by atoms with E-state index in [9.17, 15) is 0 Å². The zero-order valence-electron chi connectivity index (χ0n) is 16.1. The lowest BCUT2D eigenvalue weighted by atomic mass is 10.1.